The van der Waals surface area contributed by atoms with Crippen LogP contribution in [0.2, 0.25) is 0 Å². The number of nitrogens with zero attached hydrogens (tertiary/aromatic N) is 2. The van der Waals surface area contributed by atoms with Crippen LogP contribution in [0.25, 0.3) is 0 Å². The van der Waals surface area contributed by atoms with Crippen LogP contribution in [0.5, 0.6) is 0 Å². The molecule has 0 aliphatic rings. The van der Waals surface area contributed by atoms with Crippen molar-refractivity contribution in [3.05, 3.63) is 51.5 Å². The minimum Gasteiger partial charge on any atom is -0.462 e. The Morgan fingerprint density at radius 2 is 2.00 bits per heavy atom. The summed E-state index contributed by atoms with van der Waals surface area (Å²) in [5, 5.41) is 7.70. The second-order valence-electron chi connectivity index (χ2n) is 5.59. The van der Waals surface area contributed by atoms with Crippen LogP contribution in [-0.2, 0) is 24.1 Å². The largest absolute Gasteiger partial charge is 0.462 e. The van der Waals surface area contributed by atoms with E-state index in [1.807, 2.05) is 18.3 Å². The van der Waals surface area contributed by atoms with Crippen LogP contribution in [0.15, 0.2) is 35.5 Å². The number of hydrogen-bond acceptors (Lipinski definition) is 5. The van der Waals surface area contributed by atoms with Gasteiger partial charge in [-0.25, -0.2) is 9.78 Å². The molecule has 0 aliphatic carbocycles. The summed E-state index contributed by atoms with van der Waals surface area (Å²) in [7, 11) is 1.75. The first-order valence-electron chi connectivity index (χ1n) is 8.80. The van der Waals surface area contributed by atoms with Gasteiger partial charge in [-0.1, -0.05) is 19.1 Å². The smallest absolute Gasteiger partial charge is 0.338 e. The fourth-order valence-electron chi connectivity index (χ4n) is 2.29. The maximum Gasteiger partial charge on any atom is 0.338 e. The third-order valence-electron chi connectivity index (χ3n) is 3.73. The molecule has 1 aromatic heterocycles. The number of benzene rings is 1. The molecular weight excluding hydrogens is 348 g/mol. The number of thiazole rings is 1. The summed E-state index contributed by atoms with van der Waals surface area (Å²) in [4.78, 5) is 21.6. The molecule has 0 radical (unpaired) electrons. The van der Waals surface area contributed by atoms with E-state index >= 15 is 0 Å². The zero-order chi connectivity index (χ0) is 18.8. The number of rotatable bonds is 8. The van der Waals surface area contributed by atoms with Crippen LogP contribution >= 0.6 is 11.3 Å². The van der Waals surface area contributed by atoms with Gasteiger partial charge in [0.15, 0.2) is 5.96 Å². The van der Waals surface area contributed by atoms with Crippen molar-refractivity contribution in [2.24, 2.45) is 4.99 Å². The standard InChI is InChI=1S/C19H26N4O2S/c1-4-16-13-22-17(26-16)10-11-21-19(20-3)23-12-14-6-8-15(9-7-14)18(24)25-5-2/h6-9,13H,4-5,10-12H2,1-3H3,(H2,20,21,23). The molecule has 0 amide bonds. The van der Waals surface area contributed by atoms with Crippen LogP contribution in [0.1, 0.15) is 39.7 Å². The lowest BCUT2D eigenvalue weighted by Gasteiger charge is -2.11. The maximum atomic E-state index is 11.7. The predicted molar refractivity (Wildman–Crippen MR) is 106 cm³/mol. The average Bonchev–Trinajstić information content (AvgIpc) is 3.13. The number of nitrogens with one attached hydrogen (secondary N) is 2. The van der Waals surface area contributed by atoms with Crippen molar-refractivity contribution in [1.29, 1.82) is 0 Å². The Labute approximate surface area is 158 Å². The van der Waals surface area contributed by atoms with E-state index in [2.05, 4.69) is 27.5 Å². The molecule has 0 spiro atoms. The van der Waals surface area contributed by atoms with Crippen molar-refractivity contribution in [2.45, 2.75) is 33.2 Å². The number of ether oxygens (including phenoxy) is 1. The molecular formula is C19H26N4O2S. The summed E-state index contributed by atoms with van der Waals surface area (Å²) in [6.07, 6.45) is 3.86. The third-order valence-corrected chi connectivity index (χ3v) is 4.93. The highest BCUT2D eigenvalue weighted by molar-refractivity contribution is 7.11. The fraction of sp³-hybridized carbons (Fsp3) is 0.421. The number of guanidine groups is 1. The quantitative estimate of drug-likeness (QED) is 0.422. The predicted octanol–water partition coefficient (Wildman–Crippen LogP) is 2.79. The van der Waals surface area contributed by atoms with E-state index in [0.717, 1.165) is 35.9 Å². The van der Waals surface area contributed by atoms with Gasteiger partial charge < -0.3 is 15.4 Å². The number of carbonyl (C=O) groups excluding carboxylic acids is 1. The van der Waals surface area contributed by atoms with Crippen molar-refractivity contribution < 1.29 is 9.53 Å². The summed E-state index contributed by atoms with van der Waals surface area (Å²) in [5.41, 5.74) is 1.63. The van der Waals surface area contributed by atoms with Crippen molar-refractivity contribution in [2.75, 3.05) is 20.2 Å². The van der Waals surface area contributed by atoms with E-state index < -0.39 is 0 Å². The Bertz CT molecular complexity index is 725. The summed E-state index contributed by atoms with van der Waals surface area (Å²) < 4.78 is 4.98. The molecule has 0 saturated carbocycles. The summed E-state index contributed by atoms with van der Waals surface area (Å²) in [5.74, 6) is 0.449. The highest BCUT2D eigenvalue weighted by Crippen LogP contribution is 2.13. The van der Waals surface area contributed by atoms with E-state index in [1.165, 1.54) is 4.88 Å². The van der Waals surface area contributed by atoms with Crippen molar-refractivity contribution in [3.63, 3.8) is 0 Å². The SMILES string of the molecule is CCOC(=O)c1ccc(CNC(=NC)NCCc2ncc(CC)s2)cc1. The molecule has 0 fully saturated rings. The summed E-state index contributed by atoms with van der Waals surface area (Å²) in [6.45, 7) is 5.72. The van der Waals surface area contributed by atoms with Crippen LogP contribution < -0.4 is 10.6 Å². The number of hydrogen-bond donors (Lipinski definition) is 2. The number of aromatic nitrogens is 1. The van der Waals surface area contributed by atoms with Crippen molar-refractivity contribution in [1.82, 2.24) is 15.6 Å². The van der Waals surface area contributed by atoms with Gasteiger partial charge in [-0.2, -0.15) is 0 Å². The number of aryl methyl sites for hydroxylation is 1. The van der Waals surface area contributed by atoms with Gasteiger partial charge in [0.25, 0.3) is 0 Å². The molecule has 0 saturated heterocycles. The van der Waals surface area contributed by atoms with Crippen molar-refractivity contribution in [3.8, 4) is 0 Å². The molecule has 0 unspecified atom stereocenters. The number of aliphatic imine (C=N–C) groups is 1. The lowest BCUT2D eigenvalue weighted by atomic mass is 10.1. The molecule has 1 heterocycles. The molecule has 6 nitrogen and oxygen atoms in total. The van der Waals surface area contributed by atoms with E-state index in [1.54, 1.807) is 37.4 Å². The minimum atomic E-state index is -0.294. The molecule has 0 atom stereocenters. The van der Waals surface area contributed by atoms with Gasteiger partial charge >= 0.3 is 5.97 Å². The summed E-state index contributed by atoms with van der Waals surface area (Å²) >= 11 is 1.76. The van der Waals surface area contributed by atoms with Crippen LogP contribution in [0.4, 0.5) is 0 Å². The molecule has 0 bridgehead atoms. The maximum absolute atomic E-state index is 11.7. The molecule has 2 N–H and O–H groups in total. The zero-order valence-electron chi connectivity index (χ0n) is 15.5. The van der Waals surface area contributed by atoms with E-state index in [4.69, 9.17) is 4.74 Å². The second kappa shape index (κ2) is 10.6. The monoisotopic (exact) mass is 374 g/mol. The molecule has 0 aliphatic heterocycles. The molecule has 2 rings (SSSR count). The van der Waals surface area contributed by atoms with Crippen molar-refractivity contribution >= 4 is 23.3 Å². The van der Waals surface area contributed by atoms with Gasteiger partial charge in [0.2, 0.25) is 0 Å². The first-order valence-corrected chi connectivity index (χ1v) is 9.62. The Hall–Kier alpha value is -2.41. The number of esters is 1. The van der Waals surface area contributed by atoms with Crippen LogP contribution in [0.3, 0.4) is 0 Å². The van der Waals surface area contributed by atoms with Crippen LogP contribution in [0, 0.1) is 0 Å². The molecule has 26 heavy (non-hydrogen) atoms. The van der Waals surface area contributed by atoms with Gasteiger partial charge in [-0.15, -0.1) is 11.3 Å². The second-order valence-corrected chi connectivity index (χ2v) is 6.79. The van der Waals surface area contributed by atoms with Gasteiger partial charge in [-0.05, 0) is 31.0 Å². The Morgan fingerprint density at radius 3 is 2.62 bits per heavy atom. The zero-order valence-corrected chi connectivity index (χ0v) is 16.4. The Balaban J connectivity index is 1.76. The third kappa shape index (κ3) is 6.15. The Kier molecular flexibility index (Phi) is 8.08. The van der Waals surface area contributed by atoms with Crippen LogP contribution in [-0.4, -0.2) is 37.1 Å². The normalized spacial score (nSPS) is 11.3. The molecule has 2 aromatic rings. The lowest BCUT2D eigenvalue weighted by Crippen LogP contribution is -2.37. The van der Waals surface area contributed by atoms with E-state index in [0.29, 0.717) is 18.7 Å². The minimum absolute atomic E-state index is 0.294. The van der Waals surface area contributed by atoms with E-state index in [9.17, 15) is 4.79 Å². The van der Waals surface area contributed by atoms with Gasteiger partial charge in [0, 0.05) is 37.6 Å². The van der Waals surface area contributed by atoms with Gasteiger partial charge in [-0.3, -0.25) is 4.99 Å². The molecule has 140 valence electrons. The topological polar surface area (TPSA) is 75.6 Å². The highest BCUT2D eigenvalue weighted by Gasteiger charge is 2.06. The van der Waals surface area contributed by atoms with Gasteiger partial charge in [0.05, 0.1) is 17.2 Å². The van der Waals surface area contributed by atoms with Gasteiger partial charge in [0.1, 0.15) is 0 Å². The average molecular weight is 375 g/mol. The van der Waals surface area contributed by atoms with E-state index in [-0.39, 0.29) is 5.97 Å². The number of carbonyl (C=O) groups is 1. The first kappa shape index (κ1) is 19.9. The highest BCUT2D eigenvalue weighted by atomic mass is 32.1. The molecule has 7 heteroatoms. The summed E-state index contributed by atoms with van der Waals surface area (Å²) in [6, 6.07) is 7.38. The first-order chi connectivity index (χ1) is 12.7. The molecule has 1 aromatic carbocycles. The fourth-order valence-corrected chi connectivity index (χ4v) is 3.16. The Morgan fingerprint density at radius 1 is 1.23 bits per heavy atom. The lowest BCUT2D eigenvalue weighted by molar-refractivity contribution is 0.0526.